The number of nitrogens with zero attached hydrogens (tertiary/aromatic N) is 2. The van der Waals surface area contributed by atoms with E-state index in [-0.39, 0.29) is 30.3 Å². The highest BCUT2D eigenvalue weighted by molar-refractivity contribution is 5.94. The van der Waals surface area contributed by atoms with Crippen molar-refractivity contribution in [2.75, 3.05) is 6.79 Å². The zero-order chi connectivity index (χ0) is 28.4. The summed E-state index contributed by atoms with van der Waals surface area (Å²) in [6, 6.07) is 13.3. The number of ether oxygens (including phenoxy) is 3. The minimum absolute atomic E-state index is 0.00240. The molecule has 8 nitrogen and oxygen atoms in total. The number of hydrogen-bond donors (Lipinski definition) is 1. The van der Waals surface area contributed by atoms with Crippen molar-refractivity contribution in [2.24, 2.45) is 0 Å². The maximum atomic E-state index is 13.5. The molecule has 2 heterocycles. The van der Waals surface area contributed by atoms with Crippen molar-refractivity contribution in [3.05, 3.63) is 92.0 Å². The molecular weight excluding hydrogens is 508 g/mol. The van der Waals surface area contributed by atoms with Crippen LogP contribution in [0.15, 0.2) is 47.3 Å². The summed E-state index contributed by atoms with van der Waals surface area (Å²) in [4.78, 5) is 30.3. The van der Waals surface area contributed by atoms with E-state index in [0.29, 0.717) is 29.1 Å². The Bertz CT molecular complexity index is 1630. The molecule has 1 aliphatic rings. The molecule has 208 valence electrons. The lowest BCUT2D eigenvalue weighted by atomic mass is 9.97. The molecule has 0 saturated carbocycles. The third-order valence-electron chi connectivity index (χ3n) is 7.27. The van der Waals surface area contributed by atoms with Crippen molar-refractivity contribution in [3.8, 4) is 17.2 Å². The molecule has 40 heavy (non-hydrogen) atoms. The summed E-state index contributed by atoms with van der Waals surface area (Å²) >= 11 is 0. The Morgan fingerprint density at radius 1 is 1.02 bits per heavy atom. The monoisotopic (exact) mass is 542 g/mol. The molecule has 0 amide bonds. The van der Waals surface area contributed by atoms with Crippen molar-refractivity contribution in [3.63, 3.8) is 0 Å². The Hall–Kier alpha value is -4.33. The van der Waals surface area contributed by atoms with Crippen LogP contribution in [-0.2, 0) is 26.0 Å². The Morgan fingerprint density at radius 3 is 2.42 bits per heavy atom. The quantitative estimate of drug-likeness (QED) is 0.263. The maximum absolute atomic E-state index is 13.5. The number of rotatable bonds is 10. The van der Waals surface area contributed by atoms with Gasteiger partial charge in [-0.05, 0) is 61.1 Å². The van der Waals surface area contributed by atoms with Crippen molar-refractivity contribution in [1.82, 2.24) is 9.55 Å². The number of aryl methyl sites for hydroxylation is 4. The van der Waals surface area contributed by atoms with Gasteiger partial charge >= 0.3 is 5.97 Å². The first kappa shape index (κ1) is 27.2. The van der Waals surface area contributed by atoms with Crippen LogP contribution in [0.2, 0.25) is 0 Å². The minimum atomic E-state index is -1.08. The van der Waals surface area contributed by atoms with Crippen LogP contribution in [0.1, 0.15) is 70.7 Å². The lowest BCUT2D eigenvalue weighted by molar-refractivity contribution is 0.0689. The summed E-state index contributed by atoms with van der Waals surface area (Å²) in [6.07, 6.45) is 3.39. The van der Waals surface area contributed by atoms with Crippen molar-refractivity contribution in [2.45, 2.75) is 66.5 Å². The largest absolute Gasteiger partial charge is 0.488 e. The topological polar surface area (TPSA) is 99.9 Å². The number of aromatic nitrogens is 2. The molecule has 1 aromatic heterocycles. The molecule has 0 radical (unpaired) electrons. The Morgan fingerprint density at radius 2 is 1.75 bits per heavy atom. The fourth-order valence-corrected chi connectivity index (χ4v) is 5.39. The first-order valence-corrected chi connectivity index (χ1v) is 13.7. The van der Waals surface area contributed by atoms with E-state index in [1.165, 1.54) is 0 Å². The van der Waals surface area contributed by atoms with E-state index >= 15 is 0 Å². The molecule has 5 rings (SSSR count). The molecule has 3 aromatic carbocycles. The van der Waals surface area contributed by atoms with E-state index < -0.39 is 5.97 Å². The molecule has 0 spiro atoms. The van der Waals surface area contributed by atoms with Crippen LogP contribution >= 0.6 is 0 Å². The number of benzene rings is 3. The Labute approximate surface area is 233 Å². The molecule has 8 heteroatoms. The highest BCUT2D eigenvalue weighted by Crippen LogP contribution is 2.38. The second-order valence-electron chi connectivity index (χ2n) is 10.2. The van der Waals surface area contributed by atoms with Crippen LogP contribution in [0.5, 0.6) is 17.2 Å². The van der Waals surface area contributed by atoms with E-state index in [9.17, 15) is 14.7 Å². The normalized spacial score (nSPS) is 12.2. The predicted molar refractivity (Wildman–Crippen MR) is 153 cm³/mol. The lowest BCUT2D eigenvalue weighted by Crippen LogP contribution is -2.25. The van der Waals surface area contributed by atoms with Gasteiger partial charge in [0.15, 0.2) is 11.5 Å². The van der Waals surface area contributed by atoms with Crippen molar-refractivity contribution < 1.29 is 24.1 Å². The molecule has 0 bridgehead atoms. The van der Waals surface area contributed by atoms with Gasteiger partial charge in [-0.3, -0.25) is 9.36 Å². The molecule has 0 fully saturated rings. The minimum Gasteiger partial charge on any atom is -0.488 e. The predicted octanol–water partition coefficient (Wildman–Crippen LogP) is 5.97. The number of carbonyl (C=O) groups is 1. The van der Waals surface area contributed by atoms with Gasteiger partial charge < -0.3 is 19.3 Å². The van der Waals surface area contributed by atoms with Gasteiger partial charge in [0, 0.05) is 5.56 Å². The highest BCUT2D eigenvalue weighted by atomic mass is 16.7. The summed E-state index contributed by atoms with van der Waals surface area (Å²) in [7, 11) is 0. The average Bonchev–Trinajstić information content (AvgIpc) is 3.40. The van der Waals surface area contributed by atoms with Crippen LogP contribution in [0.3, 0.4) is 0 Å². The van der Waals surface area contributed by atoms with Crippen LogP contribution in [0.4, 0.5) is 0 Å². The maximum Gasteiger partial charge on any atom is 0.340 e. The van der Waals surface area contributed by atoms with Gasteiger partial charge in [0.1, 0.15) is 23.7 Å². The molecule has 1 N–H and O–H groups in total. The summed E-state index contributed by atoms with van der Waals surface area (Å²) in [5.41, 5.74) is 5.34. The number of aromatic carboxylic acids is 1. The van der Waals surface area contributed by atoms with Gasteiger partial charge in [-0.1, -0.05) is 57.0 Å². The number of para-hydroxylation sites is 1. The van der Waals surface area contributed by atoms with E-state index in [1.807, 2.05) is 32.0 Å². The van der Waals surface area contributed by atoms with Crippen LogP contribution in [0.25, 0.3) is 10.9 Å². The highest BCUT2D eigenvalue weighted by Gasteiger charge is 2.26. The Balaban J connectivity index is 1.52. The van der Waals surface area contributed by atoms with Crippen molar-refractivity contribution >= 4 is 16.9 Å². The first-order chi connectivity index (χ1) is 19.3. The van der Waals surface area contributed by atoms with Gasteiger partial charge in [-0.25, -0.2) is 9.78 Å². The molecule has 4 aromatic rings. The molecule has 1 aliphatic heterocycles. The number of carboxylic acids is 1. The fraction of sp³-hybridized carbons (Fsp3) is 0.344. The number of carboxylic acid groups (broad SMARTS) is 1. The zero-order valence-electron chi connectivity index (χ0n) is 23.4. The molecular formula is C32H34N2O6. The third kappa shape index (κ3) is 5.13. The SMILES string of the molecule is CCCc1cc(Cn2c(C)nc3c(C)cccc3c2=O)cc(CCC)c1OCc1ccc2c(c1C(=O)O)OCO2. The van der Waals surface area contributed by atoms with Gasteiger partial charge in [0.05, 0.1) is 17.4 Å². The second kappa shape index (κ2) is 11.4. The molecule has 0 saturated heterocycles. The van der Waals surface area contributed by atoms with Gasteiger partial charge in [-0.2, -0.15) is 0 Å². The van der Waals surface area contributed by atoms with Crippen LogP contribution < -0.4 is 19.8 Å². The summed E-state index contributed by atoms with van der Waals surface area (Å²) in [5, 5.41) is 10.5. The summed E-state index contributed by atoms with van der Waals surface area (Å²) in [5.74, 6) is 1.03. The van der Waals surface area contributed by atoms with Crippen LogP contribution in [-0.4, -0.2) is 27.4 Å². The second-order valence-corrected chi connectivity index (χ2v) is 10.2. The summed E-state index contributed by atoms with van der Waals surface area (Å²) < 4.78 is 18.9. The molecule has 0 atom stereocenters. The van der Waals surface area contributed by atoms with Crippen molar-refractivity contribution in [1.29, 1.82) is 0 Å². The lowest BCUT2D eigenvalue weighted by Gasteiger charge is -2.20. The van der Waals surface area contributed by atoms with Gasteiger partial charge in [-0.15, -0.1) is 0 Å². The standard InChI is InChI=1S/C32H34N2O6/c1-5-8-22-14-21(16-34-20(4)33-28-19(3)10-7-11-25(28)31(34)35)15-23(9-6-2)29(22)38-17-24-12-13-26-30(40-18-39-26)27(24)32(36)37/h7,10-15H,5-6,8-9,16-18H2,1-4H3,(H,36,37). The van der Waals surface area contributed by atoms with E-state index in [2.05, 4.69) is 26.0 Å². The van der Waals surface area contributed by atoms with Crippen LogP contribution in [0, 0.1) is 13.8 Å². The number of hydrogen-bond acceptors (Lipinski definition) is 6. The third-order valence-corrected chi connectivity index (χ3v) is 7.27. The number of fused-ring (bicyclic) bond motifs is 2. The van der Waals surface area contributed by atoms with Gasteiger partial charge in [0.2, 0.25) is 6.79 Å². The molecule has 0 aliphatic carbocycles. The Kier molecular flexibility index (Phi) is 7.78. The van der Waals surface area contributed by atoms with E-state index in [0.717, 1.165) is 59.2 Å². The smallest absolute Gasteiger partial charge is 0.340 e. The summed E-state index contributed by atoms with van der Waals surface area (Å²) in [6.45, 7) is 8.54. The fourth-order valence-electron chi connectivity index (χ4n) is 5.39. The average molecular weight is 543 g/mol. The van der Waals surface area contributed by atoms with E-state index in [4.69, 9.17) is 19.2 Å². The first-order valence-electron chi connectivity index (χ1n) is 13.7. The zero-order valence-corrected chi connectivity index (χ0v) is 23.4. The van der Waals surface area contributed by atoms with E-state index in [1.54, 1.807) is 16.7 Å². The van der Waals surface area contributed by atoms with Gasteiger partial charge in [0.25, 0.3) is 5.56 Å². The molecule has 0 unspecified atom stereocenters.